The minimum atomic E-state index is 0.761. The normalized spacial score (nSPS) is 15.6. The quantitative estimate of drug-likeness (QED) is 0.680. The first-order valence-electron chi connectivity index (χ1n) is 6.13. The van der Waals surface area contributed by atoms with Crippen LogP contribution in [-0.2, 0) is 17.8 Å². The molecule has 0 unspecified atom stereocenters. The highest BCUT2D eigenvalue weighted by Crippen LogP contribution is 2.19. The molecule has 0 atom stereocenters. The number of methoxy groups -OCH3 is 1. The number of ether oxygens (including phenoxy) is 1. The van der Waals surface area contributed by atoms with E-state index in [9.17, 15) is 0 Å². The number of hydrogen-bond acceptors (Lipinski definition) is 3. The Kier molecular flexibility index (Phi) is 4.36. The molecule has 1 N–H and O–H groups in total. The minimum Gasteiger partial charge on any atom is -0.385 e. The van der Waals surface area contributed by atoms with E-state index in [2.05, 4.69) is 21.2 Å². The van der Waals surface area contributed by atoms with Crippen molar-refractivity contribution in [1.82, 2.24) is 15.1 Å². The highest BCUT2D eigenvalue weighted by atomic mass is 16.5. The van der Waals surface area contributed by atoms with E-state index in [-0.39, 0.29) is 0 Å². The van der Waals surface area contributed by atoms with Crippen LogP contribution in [-0.4, -0.2) is 29.5 Å². The smallest absolute Gasteiger partial charge is 0.0522 e. The van der Waals surface area contributed by atoms with Crippen LogP contribution in [0.2, 0.25) is 0 Å². The van der Waals surface area contributed by atoms with Gasteiger partial charge in [-0.3, -0.25) is 4.68 Å². The molecule has 90 valence electrons. The number of aryl methyl sites for hydroxylation is 1. The molecule has 0 radical (unpaired) electrons. The second-order valence-electron chi connectivity index (χ2n) is 4.40. The highest BCUT2D eigenvalue weighted by molar-refractivity contribution is 5.01. The molecule has 1 aliphatic carbocycles. The maximum Gasteiger partial charge on any atom is 0.0522 e. The van der Waals surface area contributed by atoms with E-state index < -0.39 is 0 Å². The van der Waals surface area contributed by atoms with Gasteiger partial charge in [-0.2, -0.15) is 5.10 Å². The molecule has 1 aromatic rings. The molecule has 4 heteroatoms. The van der Waals surface area contributed by atoms with E-state index in [1.807, 2.05) is 6.20 Å². The van der Waals surface area contributed by atoms with Crippen molar-refractivity contribution >= 4 is 0 Å². The summed E-state index contributed by atoms with van der Waals surface area (Å²) < 4.78 is 7.14. The average Bonchev–Trinajstić information content (AvgIpc) is 3.02. The van der Waals surface area contributed by atoms with Gasteiger partial charge in [0.1, 0.15) is 0 Å². The fourth-order valence-corrected chi connectivity index (χ4v) is 1.76. The summed E-state index contributed by atoms with van der Waals surface area (Å²) >= 11 is 0. The lowest BCUT2D eigenvalue weighted by Gasteiger charge is -2.08. The first kappa shape index (κ1) is 11.6. The largest absolute Gasteiger partial charge is 0.385 e. The van der Waals surface area contributed by atoms with Crippen molar-refractivity contribution in [2.24, 2.45) is 0 Å². The van der Waals surface area contributed by atoms with Crippen LogP contribution in [0, 0.1) is 0 Å². The zero-order chi connectivity index (χ0) is 11.2. The molecule has 2 rings (SSSR count). The van der Waals surface area contributed by atoms with Crippen LogP contribution in [0.4, 0.5) is 0 Å². The van der Waals surface area contributed by atoms with Crippen LogP contribution in [0.1, 0.15) is 31.4 Å². The number of nitrogens with one attached hydrogen (secondary N) is 1. The maximum absolute atomic E-state index is 5.04. The van der Waals surface area contributed by atoms with Gasteiger partial charge in [0.2, 0.25) is 0 Å². The number of unbranched alkanes of at least 4 members (excludes halogenated alkanes) is 1. The van der Waals surface area contributed by atoms with Gasteiger partial charge in [0.05, 0.1) is 5.69 Å². The van der Waals surface area contributed by atoms with Crippen LogP contribution in [0.15, 0.2) is 12.3 Å². The number of rotatable bonds is 8. The Morgan fingerprint density at radius 1 is 1.50 bits per heavy atom. The van der Waals surface area contributed by atoms with Gasteiger partial charge in [0.25, 0.3) is 0 Å². The number of hydrogen-bond donors (Lipinski definition) is 1. The molecular weight excluding hydrogens is 202 g/mol. The van der Waals surface area contributed by atoms with Gasteiger partial charge in [0.15, 0.2) is 0 Å². The molecule has 1 aromatic heterocycles. The van der Waals surface area contributed by atoms with E-state index >= 15 is 0 Å². The molecule has 1 heterocycles. The summed E-state index contributed by atoms with van der Waals surface area (Å²) in [5, 5.41) is 7.86. The topological polar surface area (TPSA) is 39.1 Å². The standard InChI is InChI=1S/C12H21N3O/c1-16-9-3-2-8-15-12(6-7-14-15)10-13-11-4-5-11/h6-7,11,13H,2-5,8-10H2,1H3. The molecular formula is C12H21N3O. The third kappa shape index (κ3) is 3.61. The average molecular weight is 223 g/mol. The molecule has 1 fully saturated rings. The van der Waals surface area contributed by atoms with Crippen molar-refractivity contribution in [2.75, 3.05) is 13.7 Å². The minimum absolute atomic E-state index is 0.761. The lowest BCUT2D eigenvalue weighted by atomic mass is 10.3. The Morgan fingerprint density at radius 2 is 2.38 bits per heavy atom. The molecule has 1 saturated carbocycles. The summed E-state index contributed by atoms with van der Waals surface area (Å²) in [6.07, 6.45) is 6.79. The fraction of sp³-hybridized carbons (Fsp3) is 0.750. The number of aromatic nitrogens is 2. The first-order chi connectivity index (χ1) is 7.90. The van der Waals surface area contributed by atoms with Crippen molar-refractivity contribution in [3.05, 3.63) is 18.0 Å². The van der Waals surface area contributed by atoms with Gasteiger partial charge in [-0.05, 0) is 31.7 Å². The van der Waals surface area contributed by atoms with E-state index in [4.69, 9.17) is 4.74 Å². The molecule has 0 saturated heterocycles. The summed E-state index contributed by atoms with van der Waals surface area (Å²) in [4.78, 5) is 0. The van der Waals surface area contributed by atoms with Gasteiger partial charge in [0, 0.05) is 39.0 Å². The van der Waals surface area contributed by atoms with Gasteiger partial charge >= 0.3 is 0 Å². The molecule has 0 aromatic carbocycles. The Bertz CT molecular complexity index is 307. The van der Waals surface area contributed by atoms with Crippen LogP contribution in [0.5, 0.6) is 0 Å². The number of nitrogens with zero attached hydrogens (tertiary/aromatic N) is 2. The summed E-state index contributed by atoms with van der Waals surface area (Å²) in [7, 11) is 1.75. The Hall–Kier alpha value is -0.870. The Balaban J connectivity index is 1.71. The zero-order valence-electron chi connectivity index (χ0n) is 9.98. The van der Waals surface area contributed by atoms with Crippen molar-refractivity contribution < 1.29 is 4.74 Å². The monoisotopic (exact) mass is 223 g/mol. The van der Waals surface area contributed by atoms with E-state index in [0.29, 0.717) is 0 Å². The second kappa shape index (κ2) is 6.01. The lowest BCUT2D eigenvalue weighted by Crippen LogP contribution is -2.18. The van der Waals surface area contributed by atoms with Gasteiger partial charge in [-0.25, -0.2) is 0 Å². The third-order valence-corrected chi connectivity index (χ3v) is 2.92. The van der Waals surface area contributed by atoms with E-state index in [1.165, 1.54) is 18.5 Å². The summed E-state index contributed by atoms with van der Waals surface area (Å²) in [6.45, 7) is 2.80. The maximum atomic E-state index is 5.04. The van der Waals surface area contributed by atoms with E-state index in [1.54, 1.807) is 7.11 Å². The van der Waals surface area contributed by atoms with Crippen LogP contribution in [0.3, 0.4) is 0 Å². The van der Waals surface area contributed by atoms with Crippen molar-refractivity contribution in [2.45, 2.75) is 44.8 Å². The lowest BCUT2D eigenvalue weighted by molar-refractivity contribution is 0.190. The van der Waals surface area contributed by atoms with Crippen molar-refractivity contribution in [3.8, 4) is 0 Å². The summed E-state index contributed by atoms with van der Waals surface area (Å²) in [6, 6.07) is 2.86. The molecule has 0 amide bonds. The predicted octanol–water partition coefficient (Wildman–Crippen LogP) is 1.56. The Morgan fingerprint density at radius 3 is 3.12 bits per heavy atom. The SMILES string of the molecule is COCCCCn1nccc1CNC1CC1. The molecule has 4 nitrogen and oxygen atoms in total. The summed E-state index contributed by atoms with van der Waals surface area (Å²) in [5.74, 6) is 0. The van der Waals surface area contributed by atoms with Crippen molar-refractivity contribution in [3.63, 3.8) is 0 Å². The van der Waals surface area contributed by atoms with Crippen LogP contribution in [0.25, 0.3) is 0 Å². The fourth-order valence-electron chi connectivity index (χ4n) is 1.76. The molecule has 1 aliphatic rings. The van der Waals surface area contributed by atoms with Crippen LogP contribution < -0.4 is 5.32 Å². The molecule has 0 aliphatic heterocycles. The Labute approximate surface area is 97.0 Å². The molecule has 0 bridgehead atoms. The van der Waals surface area contributed by atoms with E-state index in [0.717, 1.165) is 38.6 Å². The molecule has 16 heavy (non-hydrogen) atoms. The first-order valence-corrected chi connectivity index (χ1v) is 6.13. The van der Waals surface area contributed by atoms with Gasteiger partial charge in [-0.1, -0.05) is 0 Å². The van der Waals surface area contributed by atoms with Gasteiger partial charge in [-0.15, -0.1) is 0 Å². The second-order valence-corrected chi connectivity index (χ2v) is 4.40. The van der Waals surface area contributed by atoms with Crippen LogP contribution >= 0.6 is 0 Å². The van der Waals surface area contributed by atoms with Crippen molar-refractivity contribution in [1.29, 1.82) is 0 Å². The molecule has 0 spiro atoms. The van der Waals surface area contributed by atoms with Gasteiger partial charge < -0.3 is 10.1 Å². The highest BCUT2D eigenvalue weighted by Gasteiger charge is 2.20. The predicted molar refractivity (Wildman–Crippen MR) is 63.2 cm³/mol. The summed E-state index contributed by atoms with van der Waals surface area (Å²) in [5.41, 5.74) is 1.30. The zero-order valence-corrected chi connectivity index (χ0v) is 9.98. The third-order valence-electron chi connectivity index (χ3n) is 2.92.